The van der Waals surface area contributed by atoms with Crippen LogP contribution in [-0.4, -0.2) is 42.6 Å². The van der Waals surface area contributed by atoms with Crippen LogP contribution in [0, 0.1) is 0 Å². The van der Waals surface area contributed by atoms with E-state index in [1.54, 1.807) is 0 Å². The van der Waals surface area contributed by atoms with E-state index < -0.39 is 0 Å². The number of hydrogen-bond acceptors (Lipinski definition) is 2. The lowest BCUT2D eigenvalue weighted by Gasteiger charge is -2.47. The van der Waals surface area contributed by atoms with Crippen LogP contribution in [0.15, 0.2) is 24.3 Å². The first-order valence-electron chi connectivity index (χ1n) is 8.60. The van der Waals surface area contributed by atoms with Gasteiger partial charge >= 0.3 is 6.03 Å². The van der Waals surface area contributed by atoms with Gasteiger partial charge in [0.2, 0.25) is 0 Å². The maximum absolute atomic E-state index is 12.7. The molecule has 3 aliphatic heterocycles. The largest absolute Gasteiger partial charge is 0.335 e. The number of amides is 2. The first-order valence-corrected chi connectivity index (χ1v) is 8.60. The minimum absolute atomic E-state index is 0.0950. The molecule has 4 rings (SSSR count). The van der Waals surface area contributed by atoms with E-state index >= 15 is 0 Å². The number of rotatable bonds is 1. The lowest BCUT2D eigenvalue weighted by atomic mass is 9.82. The summed E-state index contributed by atoms with van der Waals surface area (Å²) in [5, 5.41) is 3.31. The SMILES string of the molecule is CN1C2CCCC1CC(NC(=O)N1CCc3ccccc31)C2. The highest BCUT2D eigenvalue weighted by molar-refractivity contribution is 5.94. The Labute approximate surface area is 132 Å². The smallest absolute Gasteiger partial charge is 0.322 e. The molecule has 0 saturated carbocycles. The normalized spacial score (nSPS) is 31.0. The van der Waals surface area contributed by atoms with Gasteiger partial charge in [-0.2, -0.15) is 0 Å². The van der Waals surface area contributed by atoms with Crippen molar-refractivity contribution in [2.24, 2.45) is 0 Å². The van der Waals surface area contributed by atoms with Crippen molar-refractivity contribution < 1.29 is 4.79 Å². The quantitative estimate of drug-likeness (QED) is 0.865. The van der Waals surface area contributed by atoms with Crippen molar-refractivity contribution in [3.63, 3.8) is 0 Å². The molecule has 2 fully saturated rings. The molecule has 4 nitrogen and oxygen atoms in total. The number of benzene rings is 1. The molecular weight excluding hydrogens is 274 g/mol. The highest BCUT2D eigenvalue weighted by atomic mass is 16.2. The minimum Gasteiger partial charge on any atom is -0.335 e. The summed E-state index contributed by atoms with van der Waals surface area (Å²) in [5.41, 5.74) is 2.38. The van der Waals surface area contributed by atoms with Crippen LogP contribution in [0.2, 0.25) is 0 Å². The summed E-state index contributed by atoms with van der Waals surface area (Å²) in [6, 6.07) is 10.0. The van der Waals surface area contributed by atoms with Crippen LogP contribution in [0.25, 0.3) is 0 Å². The molecule has 1 N–H and O–H groups in total. The molecule has 118 valence electrons. The van der Waals surface area contributed by atoms with Crippen molar-refractivity contribution in [2.75, 3.05) is 18.5 Å². The number of para-hydroxylation sites is 1. The maximum Gasteiger partial charge on any atom is 0.322 e. The van der Waals surface area contributed by atoms with Gasteiger partial charge in [-0.1, -0.05) is 24.6 Å². The van der Waals surface area contributed by atoms with Crippen LogP contribution < -0.4 is 10.2 Å². The van der Waals surface area contributed by atoms with Crippen molar-refractivity contribution in [3.8, 4) is 0 Å². The molecule has 22 heavy (non-hydrogen) atoms. The number of anilines is 1. The third-order valence-corrected chi connectivity index (χ3v) is 5.80. The fourth-order valence-corrected chi connectivity index (χ4v) is 4.54. The van der Waals surface area contributed by atoms with Crippen molar-refractivity contribution in [1.82, 2.24) is 10.2 Å². The number of carbonyl (C=O) groups is 1. The summed E-state index contributed by atoms with van der Waals surface area (Å²) in [4.78, 5) is 17.1. The van der Waals surface area contributed by atoms with Gasteiger partial charge in [-0.15, -0.1) is 0 Å². The number of nitrogens with one attached hydrogen (secondary N) is 1. The van der Waals surface area contributed by atoms with Gasteiger partial charge in [0.05, 0.1) is 0 Å². The molecular formula is C18H25N3O. The summed E-state index contributed by atoms with van der Waals surface area (Å²) in [6.45, 7) is 0.810. The van der Waals surface area contributed by atoms with E-state index in [9.17, 15) is 4.79 Å². The van der Waals surface area contributed by atoms with Crippen molar-refractivity contribution in [1.29, 1.82) is 0 Å². The summed E-state index contributed by atoms with van der Waals surface area (Å²) in [5.74, 6) is 0. The first kappa shape index (κ1) is 14.1. The van der Waals surface area contributed by atoms with Crippen LogP contribution in [0.5, 0.6) is 0 Å². The van der Waals surface area contributed by atoms with Gasteiger partial charge in [-0.25, -0.2) is 4.79 Å². The van der Waals surface area contributed by atoms with Crippen LogP contribution in [-0.2, 0) is 6.42 Å². The van der Waals surface area contributed by atoms with Crippen LogP contribution in [0.4, 0.5) is 10.5 Å². The number of carbonyl (C=O) groups excluding carboxylic acids is 1. The average molecular weight is 299 g/mol. The fraction of sp³-hybridized carbons (Fsp3) is 0.611. The second kappa shape index (κ2) is 5.58. The maximum atomic E-state index is 12.7. The second-order valence-corrected chi connectivity index (χ2v) is 7.05. The Hall–Kier alpha value is -1.55. The molecule has 0 aliphatic carbocycles. The van der Waals surface area contributed by atoms with E-state index in [-0.39, 0.29) is 6.03 Å². The molecule has 1 aromatic carbocycles. The third kappa shape index (κ3) is 2.39. The summed E-state index contributed by atoms with van der Waals surface area (Å²) < 4.78 is 0. The molecule has 0 spiro atoms. The predicted octanol–water partition coefficient (Wildman–Crippen LogP) is 2.77. The highest BCUT2D eigenvalue weighted by Gasteiger charge is 2.37. The molecule has 4 heteroatoms. The summed E-state index contributed by atoms with van der Waals surface area (Å²) in [7, 11) is 2.25. The lowest BCUT2D eigenvalue weighted by molar-refractivity contribution is 0.0511. The van der Waals surface area contributed by atoms with Gasteiger partial charge < -0.3 is 10.2 Å². The summed E-state index contributed by atoms with van der Waals surface area (Å²) >= 11 is 0. The number of fused-ring (bicyclic) bond motifs is 3. The molecule has 3 heterocycles. The third-order valence-electron chi connectivity index (χ3n) is 5.80. The van der Waals surface area contributed by atoms with E-state index in [2.05, 4.69) is 35.5 Å². The van der Waals surface area contributed by atoms with Gasteiger partial charge in [0.15, 0.2) is 0 Å². The van der Waals surface area contributed by atoms with Crippen LogP contribution >= 0.6 is 0 Å². The molecule has 2 unspecified atom stereocenters. The molecule has 2 bridgehead atoms. The van der Waals surface area contributed by atoms with Crippen LogP contribution in [0.3, 0.4) is 0 Å². The predicted molar refractivity (Wildman–Crippen MR) is 88.2 cm³/mol. The van der Waals surface area contributed by atoms with E-state index in [0.717, 1.165) is 31.5 Å². The van der Waals surface area contributed by atoms with E-state index in [1.165, 1.54) is 24.8 Å². The number of urea groups is 1. The Balaban J connectivity index is 1.43. The number of nitrogens with zero attached hydrogens (tertiary/aromatic N) is 2. The zero-order chi connectivity index (χ0) is 15.1. The van der Waals surface area contributed by atoms with Gasteiger partial charge in [-0.3, -0.25) is 4.90 Å². The number of hydrogen-bond donors (Lipinski definition) is 1. The van der Waals surface area contributed by atoms with Gasteiger partial charge in [0, 0.05) is 30.4 Å². The average Bonchev–Trinajstić information content (AvgIpc) is 2.92. The molecule has 2 saturated heterocycles. The zero-order valence-electron chi connectivity index (χ0n) is 13.3. The van der Waals surface area contributed by atoms with E-state index in [0.29, 0.717) is 18.1 Å². The minimum atomic E-state index is 0.0950. The summed E-state index contributed by atoms with van der Waals surface area (Å²) in [6.07, 6.45) is 7.10. The van der Waals surface area contributed by atoms with Gasteiger partial charge in [0.25, 0.3) is 0 Å². The molecule has 1 aromatic rings. The highest BCUT2D eigenvalue weighted by Crippen LogP contribution is 2.33. The number of piperidine rings is 2. The van der Waals surface area contributed by atoms with E-state index in [4.69, 9.17) is 0 Å². The topological polar surface area (TPSA) is 35.6 Å². The molecule has 2 amide bonds. The van der Waals surface area contributed by atoms with Crippen molar-refractivity contribution in [2.45, 2.75) is 56.7 Å². The monoisotopic (exact) mass is 299 g/mol. The van der Waals surface area contributed by atoms with E-state index in [1.807, 2.05) is 11.0 Å². The Morgan fingerprint density at radius 1 is 1.18 bits per heavy atom. The first-order chi connectivity index (χ1) is 10.7. The Bertz CT molecular complexity index is 559. The lowest BCUT2D eigenvalue weighted by Crippen LogP contribution is -2.56. The Morgan fingerprint density at radius 3 is 2.68 bits per heavy atom. The Kier molecular flexibility index (Phi) is 3.57. The molecule has 3 aliphatic rings. The molecule has 0 aromatic heterocycles. The van der Waals surface area contributed by atoms with Gasteiger partial charge in [0.1, 0.15) is 0 Å². The fourth-order valence-electron chi connectivity index (χ4n) is 4.54. The zero-order valence-corrected chi connectivity index (χ0v) is 13.3. The van der Waals surface area contributed by atoms with Crippen LogP contribution in [0.1, 0.15) is 37.7 Å². The molecule has 2 atom stereocenters. The Morgan fingerprint density at radius 2 is 1.91 bits per heavy atom. The van der Waals surface area contributed by atoms with Gasteiger partial charge in [-0.05, 0) is 50.8 Å². The molecule has 0 radical (unpaired) electrons. The standard InChI is InChI=1S/C18H25N3O/c1-20-15-6-4-7-16(20)12-14(11-15)19-18(22)21-10-9-13-5-2-3-8-17(13)21/h2-3,5,8,14-16H,4,6-7,9-12H2,1H3,(H,19,22). The second-order valence-electron chi connectivity index (χ2n) is 7.05. The van der Waals surface area contributed by atoms with Crippen molar-refractivity contribution >= 4 is 11.7 Å². The van der Waals surface area contributed by atoms with Crippen molar-refractivity contribution in [3.05, 3.63) is 29.8 Å².